The summed E-state index contributed by atoms with van der Waals surface area (Å²) < 4.78 is 0. The predicted molar refractivity (Wildman–Crippen MR) is 58.4 cm³/mol. The summed E-state index contributed by atoms with van der Waals surface area (Å²) in [5.41, 5.74) is 0.238. The van der Waals surface area contributed by atoms with Gasteiger partial charge in [-0.15, -0.1) is 0 Å². The first kappa shape index (κ1) is 10.9. The average molecular weight is 211 g/mol. The standard InChI is InChI=1S/C12H21NO2/c1-10(14)13-8-11(15)7-12(9-13)5-3-2-4-6-12/h11,15H,2-9H2,1H3. The van der Waals surface area contributed by atoms with Gasteiger partial charge in [-0.25, -0.2) is 0 Å². The molecule has 0 aromatic rings. The van der Waals surface area contributed by atoms with E-state index in [4.69, 9.17) is 0 Å². The van der Waals surface area contributed by atoms with Gasteiger partial charge < -0.3 is 10.0 Å². The van der Waals surface area contributed by atoms with Gasteiger partial charge in [0.15, 0.2) is 0 Å². The molecule has 1 heterocycles. The van der Waals surface area contributed by atoms with Gasteiger partial charge in [0.05, 0.1) is 6.10 Å². The molecule has 3 nitrogen and oxygen atoms in total. The van der Waals surface area contributed by atoms with E-state index in [0.29, 0.717) is 6.54 Å². The first-order chi connectivity index (χ1) is 7.11. The molecule has 1 saturated carbocycles. The van der Waals surface area contributed by atoms with Gasteiger partial charge >= 0.3 is 0 Å². The van der Waals surface area contributed by atoms with Crippen molar-refractivity contribution in [2.75, 3.05) is 13.1 Å². The maximum atomic E-state index is 11.4. The highest BCUT2D eigenvalue weighted by Gasteiger charge is 2.40. The van der Waals surface area contributed by atoms with Crippen LogP contribution in [-0.2, 0) is 4.79 Å². The fraction of sp³-hybridized carbons (Fsp3) is 0.917. The zero-order valence-electron chi connectivity index (χ0n) is 9.54. The lowest BCUT2D eigenvalue weighted by atomic mass is 9.68. The van der Waals surface area contributed by atoms with Crippen LogP contribution in [0.4, 0.5) is 0 Å². The Balaban J connectivity index is 2.08. The third-order valence-electron chi connectivity index (χ3n) is 3.99. The normalized spacial score (nSPS) is 30.5. The molecule has 0 aromatic heterocycles. The molecule has 2 fully saturated rings. The van der Waals surface area contributed by atoms with Crippen molar-refractivity contribution in [2.24, 2.45) is 5.41 Å². The first-order valence-electron chi connectivity index (χ1n) is 6.05. The summed E-state index contributed by atoms with van der Waals surface area (Å²) in [6, 6.07) is 0. The second-order valence-electron chi connectivity index (χ2n) is 5.32. The van der Waals surface area contributed by atoms with Crippen molar-refractivity contribution >= 4 is 5.91 Å². The summed E-state index contributed by atoms with van der Waals surface area (Å²) in [5.74, 6) is 0.110. The zero-order valence-corrected chi connectivity index (χ0v) is 9.54. The molecular formula is C12H21NO2. The van der Waals surface area contributed by atoms with Gasteiger partial charge in [0.1, 0.15) is 0 Å². The number of carbonyl (C=O) groups is 1. The first-order valence-corrected chi connectivity index (χ1v) is 6.05. The third kappa shape index (κ3) is 2.33. The van der Waals surface area contributed by atoms with Crippen molar-refractivity contribution < 1.29 is 9.90 Å². The molecule has 1 spiro atoms. The number of aliphatic hydroxyl groups excluding tert-OH is 1. The molecule has 86 valence electrons. The molecule has 15 heavy (non-hydrogen) atoms. The molecule has 1 N–H and O–H groups in total. The number of piperidine rings is 1. The minimum atomic E-state index is -0.305. The lowest BCUT2D eigenvalue weighted by molar-refractivity contribution is -0.137. The molecule has 2 rings (SSSR count). The summed E-state index contributed by atoms with van der Waals surface area (Å²) >= 11 is 0. The van der Waals surface area contributed by atoms with Crippen LogP contribution in [0.5, 0.6) is 0 Å². The van der Waals surface area contributed by atoms with Crippen molar-refractivity contribution in [3.63, 3.8) is 0 Å². The summed E-state index contributed by atoms with van der Waals surface area (Å²) in [6.45, 7) is 3.02. The second-order valence-corrected chi connectivity index (χ2v) is 5.32. The van der Waals surface area contributed by atoms with E-state index in [1.54, 1.807) is 6.92 Å². The maximum Gasteiger partial charge on any atom is 0.219 e. The molecule has 2 aliphatic rings. The highest BCUT2D eigenvalue weighted by atomic mass is 16.3. The predicted octanol–water partition coefficient (Wildman–Crippen LogP) is 1.55. The van der Waals surface area contributed by atoms with Gasteiger partial charge in [-0.1, -0.05) is 19.3 Å². The Hall–Kier alpha value is -0.570. The number of β-amino-alcohol motifs (C(OH)–C–C–N with tert-alkyl or cyclic N) is 1. The van der Waals surface area contributed by atoms with E-state index in [1.165, 1.54) is 32.1 Å². The molecule has 1 amide bonds. The van der Waals surface area contributed by atoms with Crippen LogP contribution in [0.3, 0.4) is 0 Å². The topological polar surface area (TPSA) is 40.5 Å². The monoisotopic (exact) mass is 211 g/mol. The van der Waals surface area contributed by atoms with Crippen molar-refractivity contribution in [3.05, 3.63) is 0 Å². The number of aliphatic hydroxyl groups is 1. The molecule has 0 aromatic carbocycles. The van der Waals surface area contributed by atoms with E-state index >= 15 is 0 Å². The van der Waals surface area contributed by atoms with Gasteiger partial charge in [-0.05, 0) is 24.7 Å². The summed E-state index contributed by atoms with van der Waals surface area (Å²) in [4.78, 5) is 13.2. The van der Waals surface area contributed by atoms with E-state index < -0.39 is 0 Å². The molecule has 1 saturated heterocycles. The molecule has 0 bridgehead atoms. The van der Waals surface area contributed by atoms with Crippen molar-refractivity contribution in [3.8, 4) is 0 Å². The van der Waals surface area contributed by atoms with E-state index in [0.717, 1.165) is 13.0 Å². The summed E-state index contributed by atoms with van der Waals surface area (Å²) in [6.07, 6.45) is 6.81. The Morgan fingerprint density at radius 2 is 2.00 bits per heavy atom. The zero-order chi connectivity index (χ0) is 10.9. The smallest absolute Gasteiger partial charge is 0.219 e. The van der Waals surface area contributed by atoms with E-state index in [2.05, 4.69) is 0 Å². The quantitative estimate of drug-likeness (QED) is 0.660. The third-order valence-corrected chi connectivity index (χ3v) is 3.99. The number of rotatable bonds is 0. The Kier molecular flexibility index (Phi) is 3.01. The van der Waals surface area contributed by atoms with Crippen LogP contribution >= 0.6 is 0 Å². The van der Waals surface area contributed by atoms with Crippen LogP contribution in [0.1, 0.15) is 45.4 Å². The number of hydrogen-bond acceptors (Lipinski definition) is 2. The number of hydrogen-bond donors (Lipinski definition) is 1. The van der Waals surface area contributed by atoms with Crippen molar-refractivity contribution in [2.45, 2.75) is 51.6 Å². The molecule has 3 heteroatoms. The van der Waals surface area contributed by atoms with Crippen LogP contribution in [0, 0.1) is 5.41 Å². The lowest BCUT2D eigenvalue weighted by Gasteiger charge is -2.46. The SMILES string of the molecule is CC(=O)N1CC(O)CC2(CCCCC2)C1. The van der Waals surface area contributed by atoms with Gasteiger partial charge in [0.2, 0.25) is 5.91 Å². The Labute approximate surface area is 91.5 Å². The second kappa shape index (κ2) is 4.12. The molecular weight excluding hydrogens is 190 g/mol. The summed E-state index contributed by atoms with van der Waals surface area (Å²) in [7, 11) is 0. The minimum absolute atomic E-state index is 0.110. The number of likely N-dealkylation sites (tertiary alicyclic amines) is 1. The van der Waals surface area contributed by atoms with Crippen LogP contribution < -0.4 is 0 Å². The summed E-state index contributed by atoms with van der Waals surface area (Å²) in [5, 5.41) is 9.85. The maximum absolute atomic E-state index is 11.4. The molecule has 1 aliphatic carbocycles. The molecule has 1 aliphatic heterocycles. The average Bonchev–Trinajstić information content (AvgIpc) is 2.17. The van der Waals surface area contributed by atoms with E-state index in [9.17, 15) is 9.90 Å². The molecule has 1 atom stereocenters. The fourth-order valence-electron chi connectivity index (χ4n) is 3.26. The number of nitrogens with zero attached hydrogens (tertiary/aromatic N) is 1. The minimum Gasteiger partial charge on any atom is -0.391 e. The van der Waals surface area contributed by atoms with Crippen LogP contribution in [0.2, 0.25) is 0 Å². The van der Waals surface area contributed by atoms with E-state index in [1.807, 2.05) is 4.90 Å². The van der Waals surface area contributed by atoms with Crippen LogP contribution in [0.25, 0.3) is 0 Å². The largest absolute Gasteiger partial charge is 0.391 e. The Morgan fingerprint density at radius 1 is 1.33 bits per heavy atom. The van der Waals surface area contributed by atoms with Crippen LogP contribution in [-0.4, -0.2) is 35.1 Å². The van der Waals surface area contributed by atoms with Crippen molar-refractivity contribution in [1.29, 1.82) is 0 Å². The lowest BCUT2D eigenvalue weighted by Crippen LogP contribution is -2.51. The van der Waals surface area contributed by atoms with Gasteiger partial charge in [-0.3, -0.25) is 4.79 Å². The molecule has 1 unspecified atom stereocenters. The van der Waals surface area contributed by atoms with Crippen LogP contribution in [0.15, 0.2) is 0 Å². The Bertz CT molecular complexity index is 246. The highest BCUT2D eigenvalue weighted by molar-refractivity contribution is 5.73. The highest BCUT2D eigenvalue weighted by Crippen LogP contribution is 2.43. The van der Waals surface area contributed by atoms with Gasteiger partial charge in [0.25, 0.3) is 0 Å². The number of carbonyl (C=O) groups excluding carboxylic acids is 1. The fourth-order valence-corrected chi connectivity index (χ4v) is 3.26. The number of amides is 1. The Morgan fingerprint density at radius 3 is 2.60 bits per heavy atom. The van der Waals surface area contributed by atoms with E-state index in [-0.39, 0.29) is 17.4 Å². The molecule has 0 radical (unpaired) electrons. The van der Waals surface area contributed by atoms with Gasteiger partial charge in [-0.2, -0.15) is 0 Å². The van der Waals surface area contributed by atoms with Crippen molar-refractivity contribution in [1.82, 2.24) is 4.90 Å². The van der Waals surface area contributed by atoms with Gasteiger partial charge in [0, 0.05) is 20.0 Å².